The second-order valence-corrected chi connectivity index (χ2v) is 4.24. The van der Waals surface area contributed by atoms with Crippen LogP contribution in [0, 0.1) is 5.92 Å². The Morgan fingerprint density at radius 3 is 2.46 bits per heavy atom. The van der Waals surface area contributed by atoms with Crippen LogP contribution in [-0.2, 0) is 4.74 Å². The molecule has 76 valence electrons. The van der Waals surface area contributed by atoms with Gasteiger partial charge in [0, 0.05) is 32.3 Å². The molecule has 2 fully saturated rings. The van der Waals surface area contributed by atoms with Crippen molar-refractivity contribution in [1.29, 1.82) is 0 Å². The Bertz CT molecular complexity index is 164. The first kappa shape index (κ1) is 9.41. The molecule has 0 amide bonds. The fourth-order valence-corrected chi connectivity index (χ4v) is 2.28. The molecule has 2 aliphatic rings. The third kappa shape index (κ3) is 2.02. The first-order valence-electron chi connectivity index (χ1n) is 5.23. The molecule has 0 N–H and O–H groups in total. The summed E-state index contributed by atoms with van der Waals surface area (Å²) in [5, 5.41) is 0. The molecular formula is C10H18FNO. The molecule has 0 saturated carbocycles. The fourth-order valence-electron chi connectivity index (χ4n) is 2.28. The maximum Gasteiger partial charge on any atom is 0.125 e. The van der Waals surface area contributed by atoms with Gasteiger partial charge in [-0.2, -0.15) is 0 Å². The Morgan fingerprint density at radius 1 is 1.31 bits per heavy atom. The lowest BCUT2D eigenvalue weighted by Crippen LogP contribution is -2.55. The summed E-state index contributed by atoms with van der Waals surface area (Å²) in [5.74, 6) is 0.723. The number of rotatable bonds is 2. The van der Waals surface area contributed by atoms with E-state index >= 15 is 0 Å². The number of likely N-dealkylation sites (tertiary alicyclic amines) is 1. The molecule has 2 nitrogen and oxygen atoms in total. The summed E-state index contributed by atoms with van der Waals surface area (Å²) < 4.78 is 17.9. The maximum atomic E-state index is 12.6. The minimum Gasteiger partial charge on any atom is -0.381 e. The predicted octanol–water partition coefficient (Wildman–Crippen LogP) is 1.46. The third-order valence-corrected chi connectivity index (χ3v) is 3.39. The molecule has 0 radical (unpaired) electrons. The molecule has 0 bridgehead atoms. The van der Waals surface area contributed by atoms with Crippen molar-refractivity contribution in [2.24, 2.45) is 5.92 Å². The average molecular weight is 187 g/mol. The number of halogens is 1. The van der Waals surface area contributed by atoms with Gasteiger partial charge in [-0.1, -0.05) is 0 Å². The monoisotopic (exact) mass is 187 g/mol. The Balaban J connectivity index is 1.78. The van der Waals surface area contributed by atoms with Crippen molar-refractivity contribution >= 4 is 0 Å². The number of ether oxygens (including phenoxy) is 1. The maximum absolute atomic E-state index is 12.6. The molecule has 2 saturated heterocycles. The van der Waals surface area contributed by atoms with Gasteiger partial charge in [0.2, 0.25) is 0 Å². The van der Waals surface area contributed by atoms with Crippen LogP contribution in [0.15, 0.2) is 0 Å². The van der Waals surface area contributed by atoms with E-state index in [0.717, 1.165) is 32.0 Å². The van der Waals surface area contributed by atoms with Gasteiger partial charge in [0.05, 0.1) is 0 Å². The SMILES string of the molecule is CC(C1CCOCC1)N1CC(F)C1. The zero-order chi connectivity index (χ0) is 9.26. The van der Waals surface area contributed by atoms with Gasteiger partial charge in [0.15, 0.2) is 0 Å². The Kier molecular flexibility index (Phi) is 2.84. The second kappa shape index (κ2) is 3.93. The summed E-state index contributed by atoms with van der Waals surface area (Å²) >= 11 is 0. The summed E-state index contributed by atoms with van der Waals surface area (Å²) in [6.45, 7) is 5.31. The zero-order valence-electron chi connectivity index (χ0n) is 8.21. The van der Waals surface area contributed by atoms with E-state index in [1.807, 2.05) is 0 Å². The fraction of sp³-hybridized carbons (Fsp3) is 1.00. The van der Waals surface area contributed by atoms with Crippen molar-refractivity contribution in [3.05, 3.63) is 0 Å². The molecule has 0 aliphatic carbocycles. The highest BCUT2D eigenvalue weighted by Crippen LogP contribution is 2.26. The van der Waals surface area contributed by atoms with Gasteiger partial charge in [0.1, 0.15) is 6.17 Å². The van der Waals surface area contributed by atoms with E-state index in [1.165, 1.54) is 0 Å². The van der Waals surface area contributed by atoms with Crippen molar-refractivity contribution < 1.29 is 9.13 Å². The van der Waals surface area contributed by atoms with E-state index in [0.29, 0.717) is 19.1 Å². The van der Waals surface area contributed by atoms with Crippen LogP contribution < -0.4 is 0 Å². The first-order chi connectivity index (χ1) is 6.27. The van der Waals surface area contributed by atoms with Gasteiger partial charge < -0.3 is 4.74 Å². The predicted molar refractivity (Wildman–Crippen MR) is 49.5 cm³/mol. The molecule has 2 aliphatic heterocycles. The van der Waals surface area contributed by atoms with E-state index < -0.39 is 6.17 Å². The van der Waals surface area contributed by atoms with Crippen molar-refractivity contribution in [3.8, 4) is 0 Å². The van der Waals surface area contributed by atoms with Crippen molar-refractivity contribution in [2.75, 3.05) is 26.3 Å². The highest BCUT2D eigenvalue weighted by Gasteiger charge is 2.34. The normalized spacial score (nSPS) is 30.0. The number of alkyl halides is 1. The Morgan fingerprint density at radius 2 is 1.92 bits per heavy atom. The number of hydrogen-bond donors (Lipinski definition) is 0. The minimum atomic E-state index is -0.567. The lowest BCUT2D eigenvalue weighted by Gasteiger charge is -2.43. The van der Waals surface area contributed by atoms with Gasteiger partial charge in [0.25, 0.3) is 0 Å². The van der Waals surface area contributed by atoms with Crippen LogP contribution in [0.3, 0.4) is 0 Å². The molecule has 1 atom stereocenters. The van der Waals surface area contributed by atoms with E-state index in [1.54, 1.807) is 0 Å². The van der Waals surface area contributed by atoms with Crippen LogP contribution >= 0.6 is 0 Å². The number of hydrogen-bond acceptors (Lipinski definition) is 2. The van der Waals surface area contributed by atoms with Gasteiger partial charge >= 0.3 is 0 Å². The summed E-state index contributed by atoms with van der Waals surface area (Å²) in [6.07, 6.45) is 1.73. The second-order valence-electron chi connectivity index (χ2n) is 4.24. The third-order valence-electron chi connectivity index (χ3n) is 3.39. The largest absolute Gasteiger partial charge is 0.381 e. The van der Waals surface area contributed by atoms with E-state index in [9.17, 15) is 4.39 Å². The summed E-state index contributed by atoms with van der Waals surface area (Å²) in [4.78, 5) is 2.25. The van der Waals surface area contributed by atoms with Crippen molar-refractivity contribution in [1.82, 2.24) is 4.90 Å². The van der Waals surface area contributed by atoms with Gasteiger partial charge in [-0.25, -0.2) is 4.39 Å². The summed E-state index contributed by atoms with van der Waals surface area (Å²) in [6, 6.07) is 0.552. The van der Waals surface area contributed by atoms with Gasteiger partial charge in [-0.15, -0.1) is 0 Å². The molecule has 1 unspecified atom stereocenters. The van der Waals surface area contributed by atoms with Crippen molar-refractivity contribution in [3.63, 3.8) is 0 Å². The lowest BCUT2D eigenvalue weighted by atomic mass is 9.90. The number of nitrogens with zero attached hydrogens (tertiary/aromatic N) is 1. The molecule has 2 rings (SSSR count). The molecular weight excluding hydrogens is 169 g/mol. The standard InChI is InChI=1S/C10H18FNO/c1-8(12-6-10(11)7-12)9-2-4-13-5-3-9/h8-10H,2-7H2,1H3. The van der Waals surface area contributed by atoms with E-state index in [-0.39, 0.29) is 0 Å². The van der Waals surface area contributed by atoms with Crippen LogP contribution in [0.25, 0.3) is 0 Å². The van der Waals surface area contributed by atoms with E-state index in [2.05, 4.69) is 11.8 Å². The van der Waals surface area contributed by atoms with Crippen LogP contribution in [0.4, 0.5) is 4.39 Å². The average Bonchev–Trinajstić information content (AvgIpc) is 2.13. The Labute approximate surface area is 79.1 Å². The summed E-state index contributed by atoms with van der Waals surface area (Å²) in [7, 11) is 0. The highest BCUT2D eigenvalue weighted by molar-refractivity contribution is 4.87. The van der Waals surface area contributed by atoms with Crippen LogP contribution in [0.1, 0.15) is 19.8 Å². The van der Waals surface area contributed by atoms with Gasteiger partial charge in [-0.05, 0) is 25.7 Å². The van der Waals surface area contributed by atoms with Crippen LogP contribution in [-0.4, -0.2) is 43.4 Å². The van der Waals surface area contributed by atoms with Gasteiger partial charge in [-0.3, -0.25) is 4.90 Å². The zero-order valence-corrected chi connectivity index (χ0v) is 8.21. The first-order valence-corrected chi connectivity index (χ1v) is 5.23. The smallest absolute Gasteiger partial charge is 0.125 e. The topological polar surface area (TPSA) is 12.5 Å². The molecule has 0 aromatic rings. The molecule has 0 aromatic heterocycles. The van der Waals surface area contributed by atoms with Crippen molar-refractivity contribution in [2.45, 2.75) is 32.0 Å². The molecule has 0 aromatic carbocycles. The van der Waals surface area contributed by atoms with Crippen LogP contribution in [0.5, 0.6) is 0 Å². The van der Waals surface area contributed by atoms with Crippen LogP contribution in [0.2, 0.25) is 0 Å². The quantitative estimate of drug-likeness (QED) is 0.649. The molecule has 3 heteroatoms. The lowest BCUT2D eigenvalue weighted by molar-refractivity contribution is -0.0202. The van der Waals surface area contributed by atoms with E-state index in [4.69, 9.17) is 4.74 Å². The molecule has 0 spiro atoms. The summed E-state index contributed by atoms with van der Waals surface area (Å²) in [5.41, 5.74) is 0. The molecule has 13 heavy (non-hydrogen) atoms. The molecule has 2 heterocycles. The Hall–Kier alpha value is -0.150. The minimum absolute atomic E-state index is 0.552. The highest BCUT2D eigenvalue weighted by atomic mass is 19.1.